The summed E-state index contributed by atoms with van der Waals surface area (Å²) in [6, 6.07) is 0. The van der Waals surface area contributed by atoms with Crippen molar-refractivity contribution < 1.29 is 78.9 Å². The molecule has 0 rings (SSSR count). The number of carbonyl (C=O) groups is 2. The average Bonchev–Trinajstić information content (AvgIpc) is 2.31. The van der Waals surface area contributed by atoms with Gasteiger partial charge in [-0.05, 0) is 12.8 Å². The molecule has 2 unspecified atom stereocenters. The van der Waals surface area contributed by atoms with Crippen molar-refractivity contribution in [2.24, 2.45) is 0 Å². The van der Waals surface area contributed by atoms with Crippen LogP contribution in [0.5, 0.6) is 0 Å². The zero-order chi connectivity index (χ0) is 14.0. The summed E-state index contributed by atoms with van der Waals surface area (Å²) in [5, 5.41) is 20.5. The molecule has 0 aromatic rings. The van der Waals surface area contributed by atoms with Crippen LogP contribution in [0.2, 0.25) is 0 Å². The fraction of sp³-hybridized carbons (Fsp3) is 0.833. The Morgan fingerprint density at radius 1 is 0.850 bits per heavy atom. The second kappa shape index (κ2) is 17.0. The van der Waals surface area contributed by atoms with E-state index in [1.807, 2.05) is 13.8 Å². The third-order valence-corrected chi connectivity index (χ3v) is 5.61. The first-order chi connectivity index (χ1) is 8.52. The number of hydrogen-bond donors (Lipinski definition) is 0. The molecular weight excluding hydrogens is 318 g/mol. The quantitative estimate of drug-likeness (QED) is 0.277. The molecule has 8 heteroatoms. The molecule has 0 fully saturated rings. The Balaban J connectivity index is -0.00000144. The minimum atomic E-state index is -1.12. The molecule has 106 valence electrons. The Kier molecular flexibility index (Phi) is 22.6. The standard InChI is InChI=1S/C12H22O4S2.2Na/c1-3-5-7-9(11(13)14)17-18-10(12(15)16)8-6-4-2;;/h9-10H,3-8H2,1-2H3,(H,13,14)(H,15,16);;/q;2*+1/p-2. The smallest absolute Gasteiger partial charge is 0.549 e. The van der Waals surface area contributed by atoms with E-state index in [1.54, 1.807) is 0 Å². The maximum Gasteiger partial charge on any atom is 1.00 e. The van der Waals surface area contributed by atoms with Gasteiger partial charge in [0, 0.05) is 0 Å². The van der Waals surface area contributed by atoms with E-state index < -0.39 is 22.4 Å². The summed E-state index contributed by atoms with van der Waals surface area (Å²) in [4.78, 5) is 21.8. The number of unbranched alkanes of at least 4 members (excludes halogenated alkanes) is 2. The van der Waals surface area contributed by atoms with Crippen LogP contribution in [0.1, 0.15) is 52.4 Å². The number of rotatable bonds is 11. The van der Waals surface area contributed by atoms with Crippen molar-refractivity contribution in [3.8, 4) is 0 Å². The van der Waals surface area contributed by atoms with Crippen molar-refractivity contribution in [2.45, 2.75) is 62.9 Å². The maximum absolute atomic E-state index is 10.9. The Hall–Kier alpha value is 1.64. The molecule has 0 aromatic heterocycles. The summed E-state index contributed by atoms with van der Waals surface area (Å²) in [7, 11) is 2.18. The molecule has 4 nitrogen and oxygen atoms in total. The van der Waals surface area contributed by atoms with E-state index in [-0.39, 0.29) is 59.1 Å². The SMILES string of the molecule is CCCCC(SSC(CCCC)C(=O)[O-])C(=O)[O-].[Na+].[Na+]. The van der Waals surface area contributed by atoms with Crippen molar-refractivity contribution in [1.29, 1.82) is 0 Å². The van der Waals surface area contributed by atoms with Crippen molar-refractivity contribution in [3.05, 3.63) is 0 Å². The minimum Gasteiger partial charge on any atom is -0.549 e. The van der Waals surface area contributed by atoms with Crippen molar-refractivity contribution >= 4 is 33.5 Å². The van der Waals surface area contributed by atoms with E-state index in [1.165, 1.54) is 0 Å². The summed E-state index contributed by atoms with van der Waals surface area (Å²) in [6.07, 6.45) is 4.46. The average molecular weight is 338 g/mol. The van der Waals surface area contributed by atoms with Crippen LogP contribution < -0.4 is 69.3 Å². The number of carboxylic acid groups (broad SMARTS) is 2. The molecule has 0 heterocycles. The minimum absolute atomic E-state index is 0. The number of aliphatic carboxylic acids is 2. The van der Waals surface area contributed by atoms with E-state index in [9.17, 15) is 19.8 Å². The van der Waals surface area contributed by atoms with Gasteiger partial charge in [-0.25, -0.2) is 0 Å². The first-order valence-corrected chi connectivity index (χ1v) is 8.54. The van der Waals surface area contributed by atoms with Gasteiger partial charge in [-0.2, -0.15) is 0 Å². The van der Waals surface area contributed by atoms with Crippen LogP contribution in [0.15, 0.2) is 0 Å². The molecule has 0 spiro atoms. The summed E-state index contributed by atoms with van der Waals surface area (Å²) >= 11 is 0. The van der Waals surface area contributed by atoms with Gasteiger partial charge >= 0.3 is 59.1 Å². The topological polar surface area (TPSA) is 80.3 Å². The van der Waals surface area contributed by atoms with Gasteiger partial charge in [0.25, 0.3) is 0 Å². The first kappa shape index (κ1) is 26.5. The van der Waals surface area contributed by atoms with Crippen LogP contribution in [-0.4, -0.2) is 22.4 Å². The molecule has 0 N–H and O–H groups in total. The molecule has 0 aliphatic rings. The van der Waals surface area contributed by atoms with Gasteiger partial charge in [-0.15, -0.1) is 0 Å². The van der Waals surface area contributed by atoms with Gasteiger partial charge in [0.1, 0.15) is 0 Å². The van der Waals surface area contributed by atoms with Crippen LogP contribution in [0, 0.1) is 0 Å². The largest absolute Gasteiger partial charge is 1.00 e. The number of hydrogen-bond acceptors (Lipinski definition) is 6. The van der Waals surface area contributed by atoms with E-state index >= 15 is 0 Å². The van der Waals surface area contributed by atoms with Crippen LogP contribution in [0.25, 0.3) is 0 Å². The van der Waals surface area contributed by atoms with E-state index in [2.05, 4.69) is 0 Å². The fourth-order valence-electron chi connectivity index (χ4n) is 1.32. The predicted molar refractivity (Wildman–Crippen MR) is 71.8 cm³/mol. The summed E-state index contributed by atoms with van der Waals surface area (Å²) in [5.41, 5.74) is 0. The monoisotopic (exact) mass is 338 g/mol. The van der Waals surface area contributed by atoms with Gasteiger partial charge in [0.2, 0.25) is 0 Å². The molecule has 0 radical (unpaired) electrons. The van der Waals surface area contributed by atoms with Gasteiger partial charge in [0.15, 0.2) is 0 Å². The second-order valence-electron chi connectivity index (χ2n) is 4.09. The summed E-state index contributed by atoms with van der Waals surface area (Å²) in [6.45, 7) is 3.96. The Morgan fingerprint density at radius 2 is 1.15 bits per heavy atom. The van der Waals surface area contributed by atoms with E-state index in [0.717, 1.165) is 47.3 Å². The van der Waals surface area contributed by atoms with Gasteiger partial charge in [0.05, 0.1) is 22.4 Å². The fourth-order valence-corrected chi connectivity index (χ4v) is 4.13. The molecule has 2 atom stereocenters. The van der Waals surface area contributed by atoms with Crippen LogP contribution >= 0.6 is 21.6 Å². The van der Waals surface area contributed by atoms with Crippen LogP contribution in [0.3, 0.4) is 0 Å². The molecule has 0 saturated heterocycles. The van der Waals surface area contributed by atoms with E-state index in [4.69, 9.17) is 0 Å². The third-order valence-electron chi connectivity index (χ3n) is 2.45. The maximum atomic E-state index is 10.9. The molecule has 0 aliphatic heterocycles. The van der Waals surface area contributed by atoms with Gasteiger partial charge < -0.3 is 19.8 Å². The van der Waals surface area contributed by atoms with Gasteiger partial charge in [-0.1, -0.05) is 61.1 Å². The molecule has 0 aliphatic carbocycles. The molecular formula is C12H20Na2O4S2. The molecule has 0 aromatic carbocycles. The van der Waals surface area contributed by atoms with E-state index in [0.29, 0.717) is 12.8 Å². The number of carbonyl (C=O) groups excluding carboxylic acids is 2. The van der Waals surface area contributed by atoms with Gasteiger partial charge in [-0.3, -0.25) is 0 Å². The normalized spacial score (nSPS) is 12.7. The Labute approximate surface area is 173 Å². The molecule has 0 bridgehead atoms. The van der Waals surface area contributed by atoms with Crippen LogP contribution in [0.4, 0.5) is 0 Å². The molecule has 20 heavy (non-hydrogen) atoms. The van der Waals surface area contributed by atoms with Crippen molar-refractivity contribution in [1.82, 2.24) is 0 Å². The van der Waals surface area contributed by atoms with Crippen molar-refractivity contribution in [2.75, 3.05) is 0 Å². The Bertz CT molecular complexity index is 242. The van der Waals surface area contributed by atoms with Crippen LogP contribution in [-0.2, 0) is 9.59 Å². The predicted octanol–water partition coefficient (Wildman–Crippen LogP) is -5.01. The number of carboxylic acids is 2. The van der Waals surface area contributed by atoms with Crippen molar-refractivity contribution in [3.63, 3.8) is 0 Å². The summed E-state index contributed by atoms with van der Waals surface area (Å²) < 4.78 is 0. The summed E-state index contributed by atoms with van der Waals surface area (Å²) in [5.74, 6) is -2.23. The third kappa shape index (κ3) is 13.3. The second-order valence-corrected chi connectivity index (χ2v) is 6.77. The molecule has 0 amide bonds. The Morgan fingerprint density at radius 3 is 1.35 bits per heavy atom. The zero-order valence-electron chi connectivity index (χ0n) is 12.8. The first-order valence-electron chi connectivity index (χ1n) is 6.26. The molecule has 0 saturated carbocycles. The zero-order valence-corrected chi connectivity index (χ0v) is 18.5.